The molecule has 0 saturated heterocycles. The van der Waals surface area contributed by atoms with Gasteiger partial charge in [0, 0.05) is 12.0 Å². The molecule has 35 heavy (non-hydrogen) atoms. The summed E-state index contributed by atoms with van der Waals surface area (Å²) in [6.45, 7) is 3.39. The maximum atomic E-state index is 13.4. The van der Waals surface area contributed by atoms with Gasteiger partial charge in [0.25, 0.3) is 10.0 Å². The average molecular weight is 499 g/mol. The third-order valence-corrected chi connectivity index (χ3v) is 7.53. The van der Waals surface area contributed by atoms with Gasteiger partial charge in [0.15, 0.2) is 0 Å². The number of fused-ring (bicyclic) bond motifs is 1. The van der Waals surface area contributed by atoms with Crippen LogP contribution >= 0.6 is 0 Å². The van der Waals surface area contributed by atoms with Crippen LogP contribution in [0.2, 0.25) is 0 Å². The van der Waals surface area contributed by atoms with Crippen molar-refractivity contribution in [3.8, 4) is 11.5 Å². The van der Waals surface area contributed by atoms with E-state index in [1.165, 1.54) is 12.1 Å². The first kappa shape index (κ1) is 24.5. The number of hydrogen-bond donors (Lipinski definition) is 1. The number of ether oxygens (including phenoxy) is 2. The highest BCUT2D eigenvalue weighted by Gasteiger charge is 2.36. The topological polar surface area (TPSA) is 84.9 Å². The fourth-order valence-corrected chi connectivity index (χ4v) is 5.52. The largest absolute Gasteiger partial charge is 0.497 e. The van der Waals surface area contributed by atoms with Gasteiger partial charge < -0.3 is 14.8 Å². The van der Waals surface area contributed by atoms with E-state index in [-0.39, 0.29) is 4.90 Å². The Kier molecular flexibility index (Phi) is 6.71. The Balaban J connectivity index is 1.64. The normalized spacial score (nSPS) is 16.5. The number of nitrogens with zero attached hydrogens (tertiary/aromatic N) is 1. The lowest BCUT2D eigenvalue weighted by molar-refractivity contribution is -0.120. The molecule has 0 aromatic heterocycles. The lowest BCUT2D eigenvalue weighted by Gasteiger charge is -2.38. The van der Waals surface area contributed by atoms with Gasteiger partial charge in [-0.05, 0) is 68.4 Å². The third kappa shape index (κ3) is 5.40. The Labute approximate surface area is 204 Å². The molecule has 0 fully saturated rings. The summed E-state index contributed by atoms with van der Waals surface area (Å²) < 4.78 is 52.7. The number of para-hydroxylation sites is 1. The van der Waals surface area contributed by atoms with Crippen molar-refractivity contribution in [2.45, 2.75) is 36.8 Å². The zero-order valence-corrected chi connectivity index (χ0v) is 20.5. The summed E-state index contributed by atoms with van der Waals surface area (Å²) in [5.41, 5.74) is 0.532. The quantitative estimate of drug-likeness (QED) is 0.520. The van der Waals surface area contributed by atoms with E-state index in [1.807, 2.05) is 13.8 Å². The molecule has 1 heterocycles. The Hall–Kier alpha value is -3.59. The lowest BCUT2D eigenvalue weighted by atomic mass is 9.89. The third-order valence-electron chi connectivity index (χ3n) is 5.74. The molecule has 3 aromatic carbocycles. The van der Waals surface area contributed by atoms with Gasteiger partial charge in [0.1, 0.15) is 29.5 Å². The van der Waals surface area contributed by atoms with E-state index in [0.29, 0.717) is 23.6 Å². The molecular formula is C26H27FN2O5S. The second kappa shape index (κ2) is 9.58. The number of anilines is 1. The van der Waals surface area contributed by atoms with Gasteiger partial charge in [-0.1, -0.05) is 18.2 Å². The second-order valence-corrected chi connectivity index (χ2v) is 10.8. The number of methoxy groups -OCH3 is 1. The Morgan fingerprint density at radius 2 is 1.80 bits per heavy atom. The standard InChI is InChI=1S/C26H27FN2O5S/c1-26(2)16-23(22-15-20(33-3)11-14-24(22)34-26)28-25(30)17-29(19-7-5-4-6-8-19)35(31,32)21-12-9-18(27)10-13-21/h4-15,23H,16-17H2,1-3H3,(H,28,30). The zero-order chi connectivity index (χ0) is 25.2. The first-order chi connectivity index (χ1) is 16.6. The zero-order valence-electron chi connectivity index (χ0n) is 19.7. The summed E-state index contributed by atoms with van der Waals surface area (Å²) in [7, 11) is -2.58. The molecule has 0 radical (unpaired) electrons. The molecule has 0 saturated carbocycles. The van der Waals surface area contributed by atoms with Gasteiger partial charge in [-0.3, -0.25) is 9.10 Å². The molecular weight excluding hydrogens is 471 g/mol. The average Bonchev–Trinajstić information content (AvgIpc) is 2.82. The van der Waals surface area contributed by atoms with E-state index in [2.05, 4.69) is 5.32 Å². The number of amides is 1. The molecule has 1 atom stereocenters. The highest BCUT2D eigenvalue weighted by atomic mass is 32.2. The molecule has 3 aromatic rings. The van der Waals surface area contributed by atoms with Gasteiger partial charge in [0.05, 0.1) is 23.7 Å². The summed E-state index contributed by atoms with van der Waals surface area (Å²) in [6, 6.07) is 17.8. The number of carbonyl (C=O) groups excluding carboxylic acids is 1. The van der Waals surface area contributed by atoms with E-state index in [4.69, 9.17) is 9.47 Å². The van der Waals surface area contributed by atoms with Gasteiger partial charge in [-0.25, -0.2) is 12.8 Å². The smallest absolute Gasteiger partial charge is 0.264 e. The maximum absolute atomic E-state index is 13.4. The molecule has 4 rings (SSSR count). The van der Waals surface area contributed by atoms with Crippen LogP contribution in [-0.4, -0.2) is 33.6 Å². The van der Waals surface area contributed by atoms with Crippen LogP contribution in [0.15, 0.2) is 77.7 Å². The predicted molar refractivity (Wildman–Crippen MR) is 131 cm³/mol. The van der Waals surface area contributed by atoms with Crippen molar-refractivity contribution in [1.82, 2.24) is 5.32 Å². The van der Waals surface area contributed by atoms with E-state index >= 15 is 0 Å². The molecule has 9 heteroatoms. The van der Waals surface area contributed by atoms with E-state index < -0.39 is 39.9 Å². The fourth-order valence-electron chi connectivity index (χ4n) is 4.10. The van der Waals surface area contributed by atoms with Crippen LogP contribution in [0.3, 0.4) is 0 Å². The number of benzene rings is 3. The fraction of sp³-hybridized carbons (Fsp3) is 0.269. The number of hydrogen-bond acceptors (Lipinski definition) is 5. The highest BCUT2D eigenvalue weighted by Crippen LogP contribution is 2.41. The van der Waals surface area contributed by atoms with Gasteiger partial charge in [0.2, 0.25) is 5.91 Å². The highest BCUT2D eigenvalue weighted by molar-refractivity contribution is 7.92. The predicted octanol–water partition coefficient (Wildman–Crippen LogP) is 4.45. The Morgan fingerprint density at radius 3 is 2.46 bits per heavy atom. The van der Waals surface area contributed by atoms with Crippen LogP contribution in [0, 0.1) is 5.82 Å². The first-order valence-corrected chi connectivity index (χ1v) is 12.5. The van der Waals surface area contributed by atoms with Crippen LogP contribution in [0.5, 0.6) is 11.5 Å². The van der Waals surface area contributed by atoms with Crippen molar-refractivity contribution < 1.29 is 27.1 Å². The molecule has 0 aliphatic carbocycles. The molecule has 1 aliphatic rings. The van der Waals surface area contributed by atoms with Crippen LogP contribution in [0.25, 0.3) is 0 Å². The van der Waals surface area contributed by atoms with Crippen LogP contribution in [-0.2, 0) is 14.8 Å². The van der Waals surface area contributed by atoms with Gasteiger partial charge >= 0.3 is 0 Å². The second-order valence-electron chi connectivity index (χ2n) is 8.89. The summed E-state index contributed by atoms with van der Waals surface area (Å²) in [6.07, 6.45) is 0.481. The number of sulfonamides is 1. The Bertz CT molecular complexity index is 1310. The molecule has 0 spiro atoms. The van der Waals surface area contributed by atoms with Crippen LogP contribution in [0.4, 0.5) is 10.1 Å². The van der Waals surface area contributed by atoms with Crippen LogP contribution in [0.1, 0.15) is 31.9 Å². The van der Waals surface area contributed by atoms with E-state index in [0.717, 1.165) is 22.0 Å². The van der Waals surface area contributed by atoms with E-state index in [1.54, 1.807) is 55.6 Å². The summed E-state index contributed by atoms with van der Waals surface area (Å²) in [4.78, 5) is 13.1. The first-order valence-electron chi connectivity index (χ1n) is 11.1. The monoisotopic (exact) mass is 498 g/mol. The number of rotatable bonds is 7. The minimum absolute atomic E-state index is 0.113. The number of nitrogens with one attached hydrogen (secondary N) is 1. The van der Waals surface area contributed by atoms with Gasteiger partial charge in [-0.15, -0.1) is 0 Å². The van der Waals surface area contributed by atoms with Crippen molar-refractivity contribution in [2.24, 2.45) is 0 Å². The molecule has 184 valence electrons. The van der Waals surface area contributed by atoms with Crippen LogP contribution < -0.4 is 19.1 Å². The van der Waals surface area contributed by atoms with Gasteiger partial charge in [-0.2, -0.15) is 0 Å². The molecule has 1 amide bonds. The molecule has 0 bridgehead atoms. The van der Waals surface area contributed by atoms with Crippen molar-refractivity contribution in [3.63, 3.8) is 0 Å². The maximum Gasteiger partial charge on any atom is 0.264 e. The Morgan fingerprint density at radius 1 is 1.11 bits per heavy atom. The lowest BCUT2D eigenvalue weighted by Crippen LogP contribution is -2.45. The van der Waals surface area contributed by atoms with Crippen molar-refractivity contribution in [3.05, 3.63) is 84.2 Å². The number of carbonyl (C=O) groups is 1. The van der Waals surface area contributed by atoms with Crippen molar-refractivity contribution >= 4 is 21.6 Å². The molecule has 1 N–H and O–H groups in total. The summed E-state index contributed by atoms with van der Waals surface area (Å²) in [5.74, 6) is 0.211. The molecule has 7 nitrogen and oxygen atoms in total. The van der Waals surface area contributed by atoms with Crippen molar-refractivity contribution in [2.75, 3.05) is 18.0 Å². The summed E-state index contributed by atoms with van der Waals surface area (Å²) >= 11 is 0. The molecule has 1 unspecified atom stereocenters. The van der Waals surface area contributed by atoms with E-state index in [9.17, 15) is 17.6 Å². The molecule has 1 aliphatic heterocycles. The minimum atomic E-state index is -4.14. The van der Waals surface area contributed by atoms with Crippen molar-refractivity contribution in [1.29, 1.82) is 0 Å². The number of halogens is 1. The minimum Gasteiger partial charge on any atom is -0.497 e. The SMILES string of the molecule is COc1ccc2c(c1)C(NC(=O)CN(c1ccccc1)S(=O)(=O)c1ccc(F)cc1)CC(C)(C)O2. The summed E-state index contributed by atoms with van der Waals surface area (Å²) in [5, 5.41) is 2.97.